The fourth-order valence-electron chi connectivity index (χ4n) is 2.09. The van der Waals surface area contributed by atoms with Crippen molar-refractivity contribution in [2.24, 2.45) is 5.92 Å². The molecule has 0 spiro atoms. The van der Waals surface area contributed by atoms with E-state index in [1.54, 1.807) is 19.1 Å². The van der Waals surface area contributed by atoms with Crippen LogP contribution in [0.25, 0.3) is 0 Å². The summed E-state index contributed by atoms with van der Waals surface area (Å²) in [5.41, 5.74) is 6.43. The lowest BCUT2D eigenvalue weighted by Crippen LogP contribution is -2.42. The van der Waals surface area contributed by atoms with Crippen molar-refractivity contribution in [2.45, 2.75) is 38.1 Å². The van der Waals surface area contributed by atoms with Crippen LogP contribution in [0, 0.1) is 12.8 Å². The smallest absolute Gasteiger partial charge is 0.323 e. The Labute approximate surface area is 125 Å². The van der Waals surface area contributed by atoms with Gasteiger partial charge in [-0.1, -0.05) is 26.0 Å². The molecule has 7 heteroatoms. The number of aryl methyl sites for hydroxylation is 1. The minimum Gasteiger partial charge on any atom is -0.468 e. The van der Waals surface area contributed by atoms with Crippen molar-refractivity contribution in [3.05, 3.63) is 23.8 Å². The second kappa shape index (κ2) is 6.91. The molecule has 1 atom stereocenters. The maximum atomic E-state index is 12.5. The van der Waals surface area contributed by atoms with Crippen molar-refractivity contribution >= 4 is 21.7 Å². The summed E-state index contributed by atoms with van der Waals surface area (Å²) in [7, 11) is -2.67. The van der Waals surface area contributed by atoms with Gasteiger partial charge in [-0.2, -0.15) is 4.72 Å². The monoisotopic (exact) mass is 314 g/mol. The number of nitrogen functional groups attached to an aromatic ring is 1. The summed E-state index contributed by atoms with van der Waals surface area (Å²) in [6, 6.07) is 3.91. The second-order valence-electron chi connectivity index (χ2n) is 5.32. The SMILES string of the molecule is COC(=O)C(CC(C)C)NS(=O)(=O)c1c(C)cccc1N. The van der Waals surface area contributed by atoms with Gasteiger partial charge in [0.2, 0.25) is 10.0 Å². The molecule has 0 amide bonds. The quantitative estimate of drug-likeness (QED) is 0.611. The molecule has 0 saturated carbocycles. The van der Waals surface area contributed by atoms with Gasteiger partial charge in [-0.05, 0) is 30.9 Å². The van der Waals surface area contributed by atoms with Gasteiger partial charge in [0.1, 0.15) is 10.9 Å². The third-order valence-corrected chi connectivity index (χ3v) is 4.69. The number of carbonyl (C=O) groups excluding carboxylic acids is 1. The lowest BCUT2D eigenvalue weighted by molar-refractivity contribution is -0.143. The highest BCUT2D eigenvalue weighted by Gasteiger charge is 2.29. The zero-order chi connectivity index (χ0) is 16.2. The molecule has 3 N–H and O–H groups in total. The number of rotatable bonds is 6. The van der Waals surface area contributed by atoms with E-state index in [2.05, 4.69) is 9.46 Å². The van der Waals surface area contributed by atoms with Gasteiger partial charge in [0.05, 0.1) is 12.8 Å². The maximum Gasteiger partial charge on any atom is 0.323 e. The van der Waals surface area contributed by atoms with Gasteiger partial charge in [0.15, 0.2) is 0 Å². The van der Waals surface area contributed by atoms with E-state index in [0.29, 0.717) is 12.0 Å². The number of ether oxygens (including phenoxy) is 1. The number of anilines is 1. The summed E-state index contributed by atoms with van der Waals surface area (Å²) >= 11 is 0. The Bertz CT molecular complexity index is 591. The van der Waals surface area contributed by atoms with E-state index in [1.807, 2.05) is 13.8 Å². The number of carbonyl (C=O) groups is 1. The third kappa shape index (κ3) is 4.44. The second-order valence-corrected chi connectivity index (χ2v) is 6.97. The third-order valence-electron chi connectivity index (χ3n) is 3.00. The topological polar surface area (TPSA) is 98.5 Å². The van der Waals surface area contributed by atoms with Crippen LogP contribution in [0.1, 0.15) is 25.8 Å². The average Bonchev–Trinajstić information content (AvgIpc) is 2.35. The van der Waals surface area contributed by atoms with Crippen molar-refractivity contribution in [1.82, 2.24) is 4.72 Å². The standard InChI is InChI=1S/C14H22N2O4S/c1-9(2)8-12(14(17)20-4)16-21(18,19)13-10(3)6-5-7-11(13)15/h5-7,9,12,16H,8,15H2,1-4H3. The average molecular weight is 314 g/mol. The molecule has 0 fully saturated rings. The van der Waals surface area contributed by atoms with Crippen LogP contribution in [-0.4, -0.2) is 27.5 Å². The van der Waals surface area contributed by atoms with Gasteiger partial charge >= 0.3 is 5.97 Å². The van der Waals surface area contributed by atoms with E-state index in [-0.39, 0.29) is 16.5 Å². The minimum absolute atomic E-state index is 0.00246. The first kappa shape index (κ1) is 17.5. The summed E-state index contributed by atoms with van der Waals surface area (Å²) in [6.07, 6.45) is 0.345. The molecule has 0 bridgehead atoms. The Morgan fingerprint density at radius 2 is 2.00 bits per heavy atom. The summed E-state index contributed by atoms with van der Waals surface area (Å²) in [5, 5.41) is 0. The molecule has 0 radical (unpaired) electrons. The van der Waals surface area contributed by atoms with Crippen LogP contribution in [0.2, 0.25) is 0 Å². The molecular formula is C14H22N2O4S. The van der Waals surface area contributed by atoms with Gasteiger partial charge in [0.25, 0.3) is 0 Å². The molecule has 0 aliphatic rings. The fourth-order valence-corrected chi connectivity index (χ4v) is 3.65. The molecule has 1 unspecified atom stereocenters. The Morgan fingerprint density at radius 3 is 2.48 bits per heavy atom. The van der Waals surface area contributed by atoms with E-state index < -0.39 is 22.0 Å². The van der Waals surface area contributed by atoms with Crippen molar-refractivity contribution in [3.8, 4) is 0 Å². The van der Waals surface area contributed by atoms with Crippen LogP contribution in [0.5, 0.6) is 0 Å². The van der Waals surface area contributed by atoms with E-state index in [0.717, 1.165) is 0 Å². The highest BCUT2D eigenvalue weighted by Crippen LogP contribution is 2.23. The van der Waals surface area contributed by atoms with E-state index in [1.165, 1.54) is 13.2 Å². The number of hydrogen-bond donors (Lipinski definition) is 2. The van der Waals surface area contributed by atoms with Gasteiger partial charge in [0, 0.05) is 0 Å². The van der Waals surface area contributed by atoms with Crippen LogP contribution in [0.15, 0.2) is 23.1 Å². The number of nitrogens with one attached hydrogen (secondary N) is 1. The van der Waals surface area contributed by atoms with Crippen molar-refractivity contribution < 1.29 is 17.9 Å². The molecule has 0 aromatic heterocycles. The highest BCUT2D eigenvalue weighted by molar-refractivity contribution is 7.89. The van der Waals surface area contributed by atoms with Gasteiger partial charge < -0.3 is 10.5 Å². The van der Waals surface area contributed by atoms with Crippen molar-refractivity contribution in [1.29, 1.82) is 0 Å². The first-order valence-corrected chi connectivity index (χ1v) is 8.12. The van der Waals surface area contributed by atoms with Crippen LogP contribution in [0.3, 0.4) is 0 Å². The number of hydrogen-bond acceptors (Lipinski definition) is 5. The molecule has 0 saturated heterocycles. The molecule has 1 aromatic rings. The predicted molar refractivity (Wildman–Crippen MR) is 81.2 cm³/mol. The number of esters is 1. The Morgan fingerprint density at radius 1 is 1.38 bits per heavy atom. The molecule has 0 aliphatic heterocycles. The van der Waals surface area contributed by atoms with Gasteiger partial charge in [-0.15, -0.1) is 0 Å². The van der Waals surface area contributed by atoms with Crippen molar-refractivity contribution in [2.75, 3.05) is 12.8 Å². The lowest BCUT2D eigenvalue weighted by Gasteiger charge is -2.19. The van der Waals surface area contributed by atoms with E-state index in [9.17, 15) is 13.2 Å². The molecule has 118 valence electrons. The predicted octanol–water partition coefficient (Wildman–Crippen LogP) is 1.44. The van der Waals surface area contributed by atoms with E-state index in [4.69, 9.17) is 5.73 Å². The molecule has 1 aromatic carbocycles. The zero-order valence-corrected chi connectivity index (χ0v) is 13.5. The van der Waals surface area contributed by atoms with Gasteiger partial charge in [-0.3, -0.25) is 4.79 Å². The fraction of sp³-hybridized carbons (Fsp3) is 0.500. The summed E-state index contributed by atoms with van der Waals surface area (Å²) in [5.74, 6) is -0.481. The largest absolute Gasteiger partial charge is 0.468 e. The minimum atomic E-state index is -3.90. The first-order valence-electron chi connectivity index (χ1n) is 6.64. The van der Waals surface area contributed by atoms with Crippen LogP contribution in [0.4, 0.5) is 5.69 Å². The van der Waals surface area contributed by atoms with Crippen LogP contribution in [-0.2, 0) is 19.6 Å². The Balaban J connectivity index is 3.15. The summed E-state index contributed by atoms with van der Waals surface area (Å²) < 4.78 is 32.0. The van der Waals surface area contributed by atoms with E-state index >= 15 is 0 Å². The van der Waals surface area contributed by atoms with Crippen LogP contribution < -0.4 is 10.5 Å². The Hall–Kier alpha value is -1.60. The number of nitrogens with two attached hydrogens (primary N) is 1. The van der Waals surface area contributed by atoms with Crippen LogP contribution >= 0.6 is 0 Å². The molecule has 0 heterocycles. The molecule has 0 aliphatic carbocycles. The maximum absolute atomic E-state index is 12.5. The number of methoxy groups -OCH3 is 1. The highest BCUT2D eigenvalue weighted by atomic mass is 32.2. The number of sulfonamides is 1. The lowest BCUT2D eigenvalue weighted by atomic mass is 10.1. The van der Waals surface area contributed by atoms with Gasteiger partial charge in [-0.25, -0.2) is 8.42 Å². The summed E-state index contributed by atoms with van der Waals surface area (Å²) in [4.78, 5) is 11.7. The Kier molecular flexibility index (Phi) is 5.74. The number of benzene rings is 1. The first-order chi connectivity index (χ1) is 9.69. The summed E-state index contributed by atoms with van der Waals surface area (Å²) in [6.45, 7) is 5.44. The molecular weight excluding hydrogens is 292 g/mol. The zero-order valence-electron chi connectivity index (χ0n) is 12.7. The normalized spacial score (nSPS) is 13.2. The molecule has 1 rings (SSSR count). The molecule has 6 nitrogen and oxygen atoms in total. The van der Waals surface area contributed by atoms with Crippen molar-refractivity contribution in [3.63, 3.8) is 0 Å². The molecule has 21 heavy (non-hydrogen) atoms.